The van der Waals surface area contributed by atoms with Gasteiger partial charge in [-0.25, -0.2) is 4.79 Å². The van der Waals surface area contributed by atoms with Gasteiger partial charge in [-0.05, 0) is 111 Å². The number of para-hydroxylation sites is 1. The third-order valence-corrected chi connectivity index (χ3v) is 12.4. The third kappa shape index (κ3) is 8.24. The van der Waals surface area contributed by atoms with E-state index < -0.39 is 17.1 Å². The maximum Gasteiger partial charge on any atom is 0.322 e. The van der Waals surface area contributed by atoms with Gasteiger partial charge >= 0.3 is 6.03 Å². The number of aliphatic hydroxyl groups excluding tert-OH is 1. The van der Waals surface area contributed by atoms with Crippen molar-refractivity contribution < 1.29 is 24.5 Å². The number of amides is 2. The van der Waals surface area contributed by atoms with Gasteiger partial charge in [-0.15, -0.1) is 0 Å². The highest BCUT2D eigenvalue weighted by Gasteiger charge is 2.57. The number of ether oxygens (including phenoxy) is 1. The van der Waals surface area contributed by atoms with Crippen molar-refractivity contribution in [3.63, 3.8) is 0 Å². The Bertz CT molecular complexity index is 1940. The number of ketones is 1. The predicted molar refractivity (Wildman–Crippen MR) is 215 cm³/mol. The summed E-state index contributed by atoms with van der Waals surface area (Å²) in [6.45, 7) is 5.49. The van der Waals surface area contributed by atoms with E-state index in [1.165, 1.54) is 5.57 Å². The molecule has 5 unspecified atom stereocenters. The van der Waals surface area contributed by atoms with E-state index in [2.05, 4.69) is 49.5 Å². The van der Waals surface area contributed by atoms with Crippen molar-refractivity contribution in [1.82, 2.24) is 4.90 Å². The van der Waals surface area contributed by atoms with Gasteiger partial charge < -0.3 is 25.2 Å². The topological polar surface area (TPSA) is 99.1 Å². The molecule has 2 amide bonds. The molecule has 7 heteroatoms. The van der Waals surface area contributed by atoms with Crippen LogP contribution in [0.1, 0.15) is 98.2 Å². The zero-order valence-corrected chi connectivity index (χ0v) is 31.7. The fraction of sp³-hybridized carbons (Fsp3) is 0.404. The van der Waals surface area contributed by atoms with Crippen LogP contribution in [-0.2, 0) is 11.2 Å². The number of nitrogens with one attached hydrogen (secondary N) is 1. The fourth-order valence-corrected chi connectivity index (χ4v) is 9.09. The van der Waals surface area contributed by atoms with Crippen LogP contribution in [-0.4, -0.2) is 64.4 Å². The van der Waals surface area contributed by atoms with Crippen LogP contribution in [0.5, 0.6) is 0 Å². The lowest BCUT2D eigenvalue weighted by Gasteiger charge is -2.46. The Morgan fingerprint density at radius 2 is 1.61 bits per heavy atom. The minimum absolute atomic E-state index is 0.0659. The van der Waals surface area contributed by atoms with Crippen LogP contribution in [0.4, 0.5) is 10.5 Å². The van der Waals surface area contributed by atoms with Crippen molar-refractivity contribution in [2.75, 3.05) is 25.0 Å². The fourth-order valence-electron chi connectivity index (χ4n) is 9.09. The number of aliphatic hydroxyl groups is 2. The molecule has 5 atom stereocenters. The molecule has 8 rings (SSSR count). The Morgan fingerprint density at radius 3 is 2.33 bits per heavy atom. The van der Waals surface area contributed by atoms with E-state index in [0.717, 1.165) is 47.9 Å². The molecular weight excluding hydrogens is 673 g/mol. The summed E-state index contributed by atoms with van der Waals surface area (Å²) in [5.74, 6) is -0.216. The van der Waals surface area contributed by atoms with E-state index >= 15 is 0 Å². The molecule has 2 bridgehead atoms. The van der Waals surface area contributed by atoms with Crippen molar-refractivity contribution in [2.24, 2.45) is 5.41 Å². The first-order valence-electron chi connectivity index (χ1n) is 19.7. The summed E-state index contributed by atoms with van der Waals surface area (Å²) in [6.07, 6.45) is 7.88. The van der Waals surface area contributed by atoms with Gasteiger partial charge in [0.05, 0.1) is 24.4 Å². The smallest absolute Gasteiger partial charge is 0.322 e. The third-order valence-electron chi connectivity index (χ3n) is 12.4. The molecule has 54 heavy (non-hydrogen) atoms. The number of fused-ring (bicyclic) bond motifs is 8. The summed E-state index contributed by atoms with van der Waals surface area (Å²) in [5, 5.41) is 27.2. The van der Waals surface area contributed by atoms with Crippen LogP contribution < -0.4 is 5.32 Å². The van der Waals surface area contributed by atoms with Crippen LogP contribution in [0, 0.1) is 5.41 Å². The number of nitrogens with zero attached hydrogens (tertiary/aromatic N) is 1. The van der Waals surface area contributed by atoms with Crippen molar-refractivity contribution in [3.05, 3.63) is 137 Å². The number of rotatable bonds is 8. The standard InChI is InChI=1S/C47H54N2O5/c1-33-11-9-26-46(2)43(25-27-47(46,53)32-49(31-40-16-10-28-54-40)45(52)48-38-14-7-4-8-15-38)41-24-18-34(29-39(50)23-17-33)30-42(41)44(51)37-21-19-36(20-22-37)35-12-5-3-6-13-35/h3-8,11-15,18-22,24,30,39-40,43,50,53H,9-10,16-17,23,25-29,31-32H2,1-2H3,(H,48,52). The molecule has 4 aromatic carbocycles. The Labute approximate surface area is 320 Å². The maximum absolute atomic E-state index is 14.6. The molecule has 282 valence electrons. The van der Waals surface area contributed by atoms with Gasteiger partial charge in [-0.2, -0.15) is 0 Å². The van der Waals surface area contributed by atoms with Gasteiger partial charge in [0.1, 0.15) is 0 Å². The quantitative estimate of drug-likeness (QED) is 0.124. The Balaban J connectivity index is 1.26. The molecule has 0 radical (unpaired) electrons. The SMILES string of the molecule is CC1=CCCC2(C)C(CCC2(O)CN(CC2CCCO2)C(=O)Nc2ccccc2)c2ccc(cc2C(=O)c2ccc(-c3ccccc3)cc2)CC(O)CC1. The highest BCUT2D eigenvalue weighted by molar-refractivity contribution is 6.10. The molecule has 2 fully saturated rings. The molecule has 1 heterocycles. The van der Waals surface area contributed by atoms with Gasteiger partial charge in [0, 0.05) is 35.4 Å². The summed E-state index contributed by atoms with van der Waals surface area (Å²) >= 11 is 0. The highest BCUT2D eigenvalue weighted by Crippen LogP contribution is 2.59. The number of carbonyl (C=O) groups excluding carboxylic acids is 2. The van der Waals surface area contributed by atoms with E-state index in [9.17, 15) is 19.8 Å². The Hall–Kier alpha value is -4.56. The first-order valence-corrected chi connectivity index (χ1v) is 19.7. The van der Waals surface area contributed by atoms with Crippen LogP contribution in [0.25, 0.3) is 11.1 Å². The number of hydrogen-bond acceptors (Lipinski definition) is 5. The minimum atomic E-state index is -1.24. The van der Waals surface area contributed by atoms with Gasteiger partial charge in [-0.3, -0.25) is 4.79 Å². The number of urea groups is 1. The van der Waals surface area contributed by atoms with E-state index in [1.54, 1.807) is 4.90 Å². The van der Waals surface area contributed by atoms with Crippen molar-refractivity contribution in [2.45, 2.75) is 95.4 Å². The van der Waals surface area contributed by atoms with E-state index in [0.29, 0.717) is 62.1 Å². The highest BCUT2D eigenvalue weighted by atomic mass is 16.5. The monoisotopic (exact) mass is 726 g/mol. The minimum Gasteiger partial charge on any atom is -0.393 e. The zero-order chi connectivity index (χ0) is 37.7. The largest absolute Gasteiger partial charge is 0.393 e. The van der Waals surface area contributed by atoms with Crippen LogP contribution >= 0.6 is 0 Å². The molecule has 4 aromatic rings. The van der Waals surface area contributed by atoms with Gasteiger partial charge in [-0.1, -0.05) is 104 Å². The Kier molecular flexibility index (Phi) is 11.5. The van der Waals surface area contributed by atoms with E-state index in [1.807, 2.05) is 78.9 Å². The zero-order valence-electron chi connectivity index (χ0n) is 31.7. The summed E-state index contributed by atoms with van der Waals surface area (Å²) in [6, 6.07) is 33.2. The summed E-state index contributed by atoms with van der Waals surface area (Å²) in [4.78, 5) is 30.4. The number of benzene rings is 4. The molecule has 0 spiro atoms. The van der Waals surface area contributed by atoms with E-state index in [-0.39, 0.29) is 30.4 Å². The number of carbonyl (C=O) groups is 2. The predicted octanol–water partition coefficient (Wildman–Crippen LogP) is 9.34. The Morgan fingerprint density at radius 1 is 0.889 bits per heavy atom. The average molecular weight is 727 g/mol. The second-order valence-electron chi connectivity index (χ2n) is 16.0. The first-order chi connectivity index (χ1) is 26.1. The normalized spacial score (nSPS) is 25.7. The molecule has 7 nitrogen and oxygen atoms in total. The van der Waals surface area contributed by atoms with Gasteiger partial charge in [0.15, 0.2) is 5.78 Å². The second kappa shape index (κ2) is 16.4. The lowest BCUT2D eigenvalue weighted by atomic mass is 9.64. The molecular formula is C47H54N2O5. The number of allylic oxidation sites excluding steroid dienone is 2. The average Bonchev–Trinajstić information content (AvgIpc) is 3.79. The van der Waals surface area contributed by atoms with Gasteiger partial charge in [0.25, 0.3) is 0 Å². The summed E-state index contributed by atoms with van der Waals surface area (Å²) in [7, 11) is 0. The lowest BCUT2D eigenvalue weighted by molar-refractivity contribution is -0.0799. The van der Waals surface area contributed by atoms with Crippen LogP contribution in [0.3, 0.4) is 0 Å². The lowest BCUT2D eigenvalue weighted by Crippen LogP contribution is -2.55. The van der Waals surface area contributed by atoms with Crippen LogP contribution in [0.2, 0.25) is 0 Å². The molecule has 1 aliphatic heterocycles. The molecule has 1 saturated heterocycles. The summed E-state index contributed by atoms with van der Waals surface area (Å²) in [5.41, 5.74) is 5.19. The van der Waals surface area contributed by atoms with Crippen molar-refractivity contribution in [1.29, 1.82) is 0 Å². The first kappa shape index (κ1) is 37.7. The second-order valence-corrected chi connectivity index (χ2v) is 16.0. The molecule has 4 aliphatic rings. The number of anilines is 1. The summed E-state index contributed by atoms with van der Waals surface area (Å²) < 4.78 is 6.01. The van der Waals surface area contributed by atoms with Crippen LogP contribution in [0.15, 0.2) is 115 Å². The van der Waals surface area contributed by atoms with Gasteiger partial charge in [0.2, 0.25) is 0 Å². The number of hydrogen-bond donors (Lipinski definition) is 3. The molecule has 1 saturated carbocycles. The van der Waals surface area contributed by atoms with E-state index in [4.69, 9.17) is 4.74 Å². The molecule has 3 N–H and O–H groups in total. The van der Waals surface area contributed by atoms with Crippen molar-refractivity contribution >= 4 is 17.5 Å². The molecule has 3 aliphatic carbocycles. The maximum atomic E-state index is 14.6. The van der Waals surface area contributed by atoms with Crippen molar-refractivity contribution in [3.8, 4) is 11.1 Å². The molecule has 0 aromatic heterocycles.